The third-order valence-electron chi connectivity index (χ3n) is 3.59. The highest BCUT2D eigenvalue weighted by Gasteiger charge is 2.27. The minimum atomic E-state index is -0.292. The van der Waals surface area contributed by atoms with Gasteiger partial charge in [-0.1, -0.05) is 0 Å². The zero-order valence-corrected chi connectivity index (χ0v) is 10.3. The number of carbonyl (C=O) groups excluding carboxylic acids is 2. The van der Waals surface area contributed by atoms with Crippen molar-refractivity contribution in [2.75, 3.05) is 38.1 Å². The molecule has 0 bridgehead atoms. The van der Waals surface area contributed by atoms with Gasteiger partial charge in [-0.25, -0.2) is 0 Å². The monoisotopic (exact) mass is 245 g/mol. The van der Waals surface area contributed by atoms with Gasteiger partial charge in [0.05, 0.1) is 11.1 Å². The molecule has 2 aliphatic rings. The number of nitrogens with zero attached hydrogens (tertiary/aromatic N) is 2. The van der Waals surface area contributed by atoms with Crippen molar-refractivity contribution in [3.63, 3.8) is 0 Å². The van der Waals surface area contributed by atoms with Gasteiger partial charge in [0.15, 0.2) is 0 Å². The Balaban J connectivity index is 1.89. The van der Waals surface area contributed by atoms with Crippen LogP contribution in [0.15, 0.2) is 18.2 Å². The van der Waals surface area contributed by atoms with Crippen LogP contribution in [-0.2, 0) is 0 Å². The minimum Gasteiger partial charge on any atom is -0.369 e. The van der Waals surface area contributed by atoms with E-state index in [9.17, 15) is 9.59 Å². The van der Waals surface area contributed by atoms with E-state index in [0.717, 1.165) is 31.9 Å². The lowest BCUT2D eigenvalue weighted by molar-refractivity contribution is 0.0879. The number of likely N-dealkylation sites (N-methyl/N-ethyl adjacent to an activating group) is 1. The van der Waals surface area contributed by atoms with Crippen molar-refractivity contribution in [2.24, 2.45) is 0 Å². The van der Waals surface area contributed by atoms with Gasteiger partial charge in [0.1, 0.15) is 0 Å². The van der Waals surface area contributed by atoms with Crippen LogP contribution in [-0.4, -0.2) is 49.9 Å². The molecule has 3 rings (SSSR count). The Labute approximate surface area is 105 Å². The van der Waals surface area contributed by atoms with Crippen LogP contribution in [0.1, 0.15) is 20.7 Å². The molecule has 0 saturated carbocycles. The summed E-state index contributed by atoms with van der Waals surface area (Å²) in [5.41, 5.74) is 2.00. The molecule has 1 N–H and O–H groups in total. The van der Waals surface area contributed by atoms with Crippen LogP contribution in [0, 0.1) is 0 Å². The van der Waals surface area contributed by atoms with Crippen LogP contribution in [0.25, 0.3) is 0 Å². The molecule has 0 unspecified atom stereocenters. The zero-order valence-electron chi connectivity index (χ0n) is 10.3. The Kier molecular flexibility index (Phi) is 2.56. The molecule has 0 spiro atoms. The Morgan fingerprint density at radius 2 is 1.67 bits per heavy atom. The first-order chi connectivity index (χ1) is 8.65. The highest BCUT2D eigenvalue weighted by Crippen LogP contribution is 2.23. The molecule has 2 amide bonds. The lowest BCUT2D eigenvalue weighted by Gasteiger charge is -2.34. The van der Waals surface area contributed by atoms with Crippen molar-refractivity contribution in [3.8, 4) is 0 Å². The van der Waals surface area contributed by atoms with E-state index in [1.807, 2.05) is 12.1 Å². The summed E-state index contributed by atoms with van der Waals surface area (Å²) in [6, 6.07) is 5.48. The summed E-state index contributed by atoms with van der Waals surface area (Å²) in [6.07, 6.45) is 0. The summed E-state index contributed by atoms with van der Waals surface area (Å²) in [5.74, 6) is -0.578. The molecule has 0 atom stereocenters. The minimum absolute atomic E-state index is 0.286. The van der Waals surface area contributed by atoms with E-state index >= 15 is 0 Å². The molecule has 94 valence electrons. The highest BCUT2D eigenvalue weighted by atomic mass is 16.2. The molecule has 2 heterocycles. The molecule has 0 aromatic heterocycles. The Morgan fingerprint density at radius 3 is 2.39 bits per heavy atom. The molecule has 1 saturated heterocycles. The maximum Gasteiger partial charge on any atom is 0.259 e. The second kappa shape index (κ2) is 4.10. The van der Waals surface area contributed by atoms with Gasteiger partial charge in [0, 0.05) is 31.9 Å². The number of rotatable bonds is 1. The van der Waals surface area contributed by atoms with Crippen molar-refractivity contribution in [1.29, 1.82) is 0 Å². The fourth-order valence-corrected chi connectivity index (χ4v) is 2.42. The second-order valence-corrected chi connectivity index (χ2v) is 4.80. The van der Waals surface area contributed by atoms with Crippen molar-refractivity contribution >= 4 is 17.5 Å². The van der Waals surface area contributed by atoms with Crippen molar-refractivity contribution in [1.82, 2.24) is 10.2 Å². The Morgan fingerprint density at radius 1 is 1.00 bits per heavy atom. The van der Waals surface area contributed by atoms with E-state index < -0.39 is 0 Å². The van der Waals surface area contributed by atoms with Gasteiger partial charge in [-0.05, 0) is 25.2 Å². The summed E-state index contributed by atoms with van der Waals surface area (Å²) >= 11 is 0. The zero-order chi connectivity index (χ0) is 12.7. The summed E-state index contributed by atoms with van der Waals surface area (Å²) < 4.78 is 0. The third-order valence-corrected chi connectivity index (χ3v) is 3.59. The van der Waals surface area contributed by atoms with E-state index in [4.69, 9.17) is 0 Å². The molecule has 1 fully saturated rings. The number of imide groups is 1. The fraction of sp³-hybridized carbons (Fsp3) is 0.385. The predicted octanol–water partition coefficient (Wildman–Crippen LogP) is 0.322. The molecule has 1 aromatic carbocycles. The van der Waals surface area contributed by atoms with Crippen LogP contribution in [0.3, 0.4) is 0 Å². The molecule has 0 aliphatic carbocycles. The molecule has 5 nitrogen and oxygen atoms in total. The first-order valence-electron chi connectivity index (χ1n) is 6.08. The number of amides is 2. The highest BCUT2D eigenvalue weighted by molar-refractivity contribution is 6.21. The number of nitrogens with one attached hydrogen (secondary N) is 1. The first kappa shape index (κ1) is 11.2. The summed E-state index contributed by atoms with van der Waals surface area (Å²) in [5, 5.41) is 2.31. The Bertz CT molecular complexity index is 519. The van der Waals surface area contributed by atoms with E-state index in [1.54, 1.807) is 6.07 Å². The van der Waals surface area contributed by atoms with Crippen LogP contribution >= 0.6 is 0 Å². The van der Waals surface area contributed by atoms with Crippen LogP contribution in [0.5, 0.6) is 0 Å². The molecular formula is C13H15N3O2. The standard InChI is InChI=1S/C13H15N3O2/c1-15-4-6-16(7-5-15)9-2-3-10-11(8-9)13(18)14-12(10)17/h2-3,8H,4-7H2,1H3,(H,14,17,18). The number of carbonyl (C=O) groups is 2. The van der Waals surface area contributed by atoms with E-state index in [1.165, 1.54) is 0 Å². The first-order valence-corrected chi connectivity index (χ1v) is 6.08. The van der Waals surface area contributed by atoms with E-state index in [0.29, 0.717) is 11.1 Å². The van der Waals surface area contributed by atoms with Gasteiger partial charge in [-0.2, -0.15) is 0 Å². The number of anilines is 1. The smallest absolute Gasteiger partial charge is 0.259 e. The van der Waals surface area contributed by atoms with Gasteiger partial charge < -0.3 is 9.80 Å². The van der Waals surface area contributed by atoms with Crippen molar-refractivity contribution in [3.05, 3.63) is 29.3 Å². The third kappa shape index (κ3) is 1.76. The van der Waals surface area contributed by atoms with Gasteiger partial charge in [0.25, 0.3) is 11.8 Å². The van der Waals surface area contributed by atoms with Crippen molar-refractivity contribution in [2.45, 2.75) is 0 Å². The molecule has 5 heteroatoms. The van der Waals surface area contributed by atoms with Crippen LogP contribution < -0.4 is 10.2 Å². The fourth-order valence-electron chi connectivity index (χ4n) is 2.42. The molecule has 18 heavy (non-hydrogen) atoms. The van der Waals surface area contributed by atoms with Crippen molar-refractivity contribution < 1.29 is 9.59 Å². The molecule has 2 aliphatic heterocycles. The normalized spacial score (nSPS) is 19.9. The Hall–Kier alpha value is -1.88. The average molecular weight is 245 g/mol. The summed E-state index contributed by atoms with van der Waals surface area (Å²) in [7, 11) is 2.10. The van der Waals surface area contributed by atoms with Gasteiger partial charge in [-0.3, -0.25) is 14.9 Å². The van der Waals surface area contributed by atoms with E-state index in [2.05, 4.69) is 22.2 Å². The molecule has 1 aromatic rings. The molecule has 0 radical (unpaired) electrons. The number of hydrogen-bond acceptors (Lipinski definition) is 4. The predicted molar refractivity (Wildman–Crippen MR) is 67.9 cm³/mol. The largest absolute Gasteiger partial charge is 0.369 e. The average Bonchev–Trinajstić information content (AvgIpc) is 2.66. The van der Waals surface area contributed by atoms with Crippen LogP contribution in [0.4, 0.5) is 5.69 Å². The SMILES string of the molecule is CN1CCN(c2ccc3c(c2)C(=O)NC3=O)CC1. The lowest BCUT2D eigenvalue weighted by Crippen LogP contribution is -2.44. The molecular weight excluding hydrogens is 230 g/mol. The number of hydrogen-bond donors (Lipinski definition) is 1. The summed E-state index contributed by atoms with van der Waals surface area (Å²) in [4.78, 5) is 27.6. The number of benzene rings is 1. The maximum absolute atomic E-state index is 11.6. The van der Waals surface area contributed by atoms with Gasteiger partial charge >= 0.3 is 0 Å². The topological polar surface area (TPSA) is 52.6 Å². The van der Waals surface area contributed by atoms with Crippen LogP contribution in [0.2, 0.25) is 0 Å². The van der Waals surface area contributed by atoms with Gasteiger partial charge in [-0.15, -0.1) is 0 Å². The summed E-state index contributed by atoms with van der Waals surface area (Å²) in [6.45, 7) is 3.93. The van der Waals surface area contributed by atoms with Gasteiger partial charge in [0.2, 0.25) is 0 Å². The number of fused-ring (bicyclic) bond motifs is 1. The lowest BCUT2D eigenvalue weighted by atomic mass is 10.1. The second-order valence-electron chi connectivity index (χ2n) is 4.80. The maximum atomic E-state index is 11.6. The number of piperazine rings is 1. The quantitative estimate of drug-likeness (QED) is 0.724. The van der Waals surface area contributed by atoms with E-state index in [-0.39, 0.29) is 11.8 Å².